The molecule has 4 nitrogen and oxygen atoms in total. The van der Waals surface area contributed by atoms with E-state index in [0.717, 1.165) is 38.9 Å². The predicted molar refractivity (Wildman–Crippen MR) is 68.7 cm³/mol. The van der Waals surface area contributed by atoms with Crippen LogP contribution in [0.4, 0.5) is 0 Å². The molecule has 0 aliphatic carbocycles. The highest BCUT2D eigenvalue weighted by Crippen LogP contribution is 2.15. The van der Waals surface area contributed by atoms with Crippen LogP contribution >= 0.6 is 0 Å². The molecule has 0 unspecified atom stereocenters. The van der Waals surface area contributed by atoms with Crippen LogP contribution in [0.1, 0.15) is 33.1 Å². The molecule has 1 aliphatic heterocycles. The van der Waals surface area contributed by atoms with E-state index in [1.54, 1.807) is 0 Å². The Morgan fingerprint density at radius 3 is 2.59 bits per heavy atom. The average molecular weight is 242 g/mol. The highest BCUT2D eigenvalue weighted by Gasteiger charge is 2.19. The number of piperidine rings is 1. The minimum atomic E-state index is 0.132. The second-order valence-electron chi connectivity index (χ2n) is 5.43. The maximum absolute atomic E-state index is 11.6. The molecule has 0 aromatic rings. The zero-order valence-electron chi connectivity index (χ0n) is 11.1. The number of hydrogen-bond acceptors (Lipinski definition) is 3. The van der Waals surface area contributed by atoms with E-state index in [9.17, 15) is 4.79 Å². The number of aliphatic hydroxyl groups is 1. The van der Waals surface area contributed by atoms with Gasteiger partial charge in [-0.25, -0.2) is 0 Å². The number of nitrogens with one attached hydrogen (secondary N) is 1. The predicted octanol–water partition coefficient (Wildman–Crippen LogP) is 0.853. The Balaban J connectivity index is 2.10. The van der Waals surface area contributed by atoms with Gasteiger partial charge >= 0.3 is 0 Å². The molecule has 1 fully saturated rings. The first-order chi connectivity index (χ1) is 8.11. The summed E-state index contributed by atoms with van der Waals surface area (Å²) in [5.74, 6) is 1.21. The quantitative estimate of drug-likeness (QED) is 0.726. The summed E-state index contributed by atoms with van der Waals surface area (Å²) in [5.41, 5.74) is 0. The van der Waals surface area contributed by atoms with E-state index in [1.807, 2.05) is 0 Å². The van der Waals surface area contributed by atoms with Crippen molar-refractivity contribution < 1.29 is 9.90 Å². The number of amides is 1. The average Bonchev–Trinajstić information content (AvgIpc) is 2.29. The van der Waals surface area contributed by atoms with Crippen molar-refractivity contribution in [2.75, 3.05) is 32.8 Å². The molecule has 0 bridgehead atoms. The van der Waals surface area contributed by atoms with Gasteiger partial charge in [0.15, 0.2) is 0 Å². The van der Waals surface area contributed by atoms with Crippen molar-refractivity contribution in [3.05, 3.63) is 0 Å². The summed E-state index contributed by atoms with van der Waals surface area (Å²) < 4.78 is 0. The summed E-state index contributed by atoms with van der Waals surface area (Å²) in [6.07, 6.45) is 3.06. The van der Waals surface area contributed by atoms with Gasteiger partial charge in [0.25, 0.3) is 0 Å². The van der Waals surface area contributed by atoms with Crippen molar-refractivity contribution in [1.82, 2.24) is 10.2 Å². The van der Waals surface area contributed by atoms with Gasteiger partial charge in [-0.15, -0.1) is 0 Å². The van der Waals surface area contributed by atoms with Gasteiger partial charge in [0.05, 0.1) is 6.54 Å². The molecule has 1 amide bonds. The van der Waals surface area contributed by atoms with Crippen LogP contribution in [0, 0.1) is 11.8 Å². The van der Waals surface area contributed by atoms with Crippen LogP contribution in [0.5, 0.6) is 0 Å². The van der Waals surface area contributed by atoms with Crippen molar-refractivity contribution in [3.63, 3.8) is 0 Å². The van der Waals surface area contributed by atoms with E-state index < -0.39 is 0 Å². The van der Waals surface area contributed by atoms with Crippen molar-refractivity contribution in [2.45, 2.75) is 33.1 Å². The summed E-state index contributed by atoms with van der Waals surface area (Å²) in [7, 11) is 0. The molecule has 1 heterocycles. The third-order valence-corrected chi connectivity index (χ3v) is 3.38. The largest absolute Gasteiger partial charge is 0.396 e. The van der Waals surface area contributed by atoms with E-state index in [2.05, 4.69) is 24.1 Å². The Labute approximate surface area is 104 Å². The fraction of sp³-hybridized carbons (Fsp3) is 0.923. The van der Waals surface area contributed by atoms with Gasteiger partial charge in [0.2, 0.25) is 5.91 Å². The second-order valence-corrected chi connectivity index (χ2v) is 5.43. The molecule has 0 saturated carbocycles. The van der Waals surface area contributed by atoms with Crippen molar-refractivity contribution in [3.8, 4) is 0 Å². The number of hydrogen-bond donors (Lipinski definition) is 2. The summed E-state index contributed by atoms with van der Waals surface area (Å²) >= 11 is 0. The highest BCUT2D eigenvalue weighted by molar-refractivity contribution is 5.77. The molecule has 2 N–H and O–H groups in total. The third-order valence-electron chi connectivity index (χ3n) is 3.38. The van der Waals surface area contributed by atoms with Crippen LogP contribution < -0.4 is 5.32 Å². The van der Waals surface area contributed by atoms with Crippen LogP contribution in [0.3, 0.4) is 0 Å². The van der Waals surface area contributed by atoms with E-state index in [0.29, 0.717) is 18.4 Å². The molecular formula is C13H26N2O2. The molecule has 1 aliphatic rings. The Hall–Kier alpha value is -0.610. The van der Waals surface area contributed by atoms with Crippen LogP contribution in [-0.2, 0) is 4.79 Å². The molecule has 1 rings (SSSR count). The van der Waals surface area contributed by atoms with Crippen molar-refractivity contribution in [1.29, 1.82) is 0 Å². The Morgan fingerprint density at radius 1 is 1.41 bits per heavy atom. The summed E-state index contributed by atoms with van der Waals surface area (Å²) in [4.78, 5) is 13.8. The van der Waals surface area contributed by atoms with Crippen LogP contribution in [-0.4, -0.2) is 48.7 Å². The number of aliphatic hydroxyl groups excluding tert-OH is 1. The van der Waals surface area contributed by atoms with Gasteiger partial charge in [-0.05, 0) is 44.2 Å². The molecule has 0 aromatic carbocycles. The van der Waals surface area contributed by atoms with Gasteiger partial charge < -0.3 is 10.4 Å². The van der Waals surface area contributed by atoms with Gasteiger partial charge in [-0.3, -0.25) is 9.69 Å². The van der Waals surface area contributed by atoms with E-state index >= 15 is 0 Å². The summed E-state index contributed by atoms with van der Waals surface area (Å²) in [5, 5.41) is 12.0. The van der Waals surface area contributed by atoms with Crippen molar-refractivity contribution >= 4 is 5.91 Å². The molecular weight excluding hydrogens is 216 g/mol. The Morgan fingerprint density at radius 2 is 2.06 bits per heavy atom. The zero-order valence-corrected chi connectivity index (χ0v) is 11.1. The third kappa shape index (κ3) is 6.03. The highest BCUT2D eigenvalue weighted by atomic mass is 16.3. The number of rotatable bonds is 6. The number of carbonyl (C=O) groups is 1. The molecule has 0 aromatic heterocycles. The SMILES string of the molecule is CC(C)CCNC(=O)CN1CCC(CO)CC1. The minimum Gasteiger partial charge on any atom is -0.396 e. The van der Waals surface area contributed by atoms with E-state index in [4.69, 9.17) is 5.11 Å². The minimum absolute atomic E-state index is 0.132. The summed E-state index contributed by atoms with van der Waals surface area (Å²) in [6, 6.07) is 0. The lowest BCUT2D eigenvalue weighted by Crippen LogP contribution is -2.42. The van der Waals surface area contributed by atoms with Crippen LogP contribution in [0.25, 0.3) is 0 Å². The lowest BCUT2D eigenvalue weighted by atomic mass is 9.98. The number of nitrogens with zero attached hydrogens (tertiary/aromatic N) is 1. The number of carbonyl (C=O) groups excluding carboxylic acids is 1. The molecule has 4 heteroatoms. The van der Waals surface area contributed by atoms with Crippen molar-refractivity contribution in [2.24, 2.45) is 11.8 Å². The standard InChI is InChI=1S/C13H26N2O2/c1-11(2)3-6-14-13(17)9-15-7-4-12(10-16)5-8-15/h11-12,16H,3-10H2,1-2H3,(H,14,17). The molecule has 1 saturated heterocycles. The van der Waals surface area contributed by atoms with E-state index in [-0.39, 0.29) is 12.5 Å². The molecule has 100 valence electrons. The maximum atomic E-state index is 11.6. The topological polar surface area (TPSA) is 52.6 Å². The molecule has 17 heavy (non-hydrogen) atoms. The lowest BCUT2D eigenvalue weighted by molar-refractivity contribution is -0.122. The van der Waals surface area contributed by atoms with Gasteiger partial charge in [0.1, 0.15) is 0 Å². The first-order valence-electron chi connectivity index (χ1n) is 6.71. The molecule has 0 atom stereocenters. The fourth-order valence-electron chi connectivity index (χ4n) is 2.09. The van der Waals surface area contributed by atoms with Crippen LogP contribution in [0.2, 0.25) is 0 Å². The molecule has 0 spiro atoms. The summed E-state index contributed by atoms with van der Waals surface area (Å²) in [6.45, 7) is 7.76. The lowest BCUT2D eigenvalue weighted by Gasteiger charge is -2.30. The normalized spacial score (nSPS) is 18.6. The molecule has 0 radical (unpaired) electrons. The second kappa shape index (κ2) is 7.67. The Bertz CT molecular complexity index is 223. The first-order valence-corrected chi connectivity index (χ1v) is 6.71. The van der Waals surface area contributed by atoms with Gasteiger partial charge in [0, 0.05) is 13.2 Å². The van der Waals surface area contributed by atoms with Gasteiger partial charge in [-0.1, -0.05) is 13.8 Å². The van der Waals surface area contributed by atoms with Crippen LogP contribution in [0.15, 0.2) is 0 Å². The monoisotopic (exact) mass is 242 g/mol. The maximum Gasteiger partial charge on any atom is 0.234 e. The Kier molecular flexibility index (Phi) is 6.52. The number of likely N-dealkylation sites (tertiary alicyclic amines) is 1. The zero-order chi connectivity index (χ0) is 12.7. The van der Waals surface area contributed by atoms with E-state index in [1.165, 1.54) is 0 Å². The smallest absolute Gasteiger partial charge is 0.234 e. The first kappa shape index (κ1) is 14.5. The van der Waals surface area contributed by atoms with Gasteiger partial charge in [-0.2, -0.15) is 0 Å². The fourth-order valence-corrected chi connectivity index (χ4v) is 2.09.